The van der Waals surface area contributed by atoms with Gasteiger partial charge in [-0.2, -0.15) is 0 Å². The molecule has 2 aliphatic rings. The van der Waals surface area contributed by atoms with E-state index in [4.69, 9.17) is 4.74 Å². The van der Waals surface area contributed by atoms with Crippen LogP contribution in [-0.4, -0.2) is 31.2 Å². The number of hydrogen-bond donors (Lipinski definition) is 2. The predicted octanol–water partition coefficient (Wildman–Crippen LogP) is 1.92. The zero-order valence-electron chi connectivity index (χ0n) is 11.3. The molecule has 0 aromatic heterocycles. The molecule has 2 atom stereocenters. The second-order valence-corrected chi connectivity index (χ2v) is 5.50. The molecule has 1 aliphatic heterocycles. The Morgan fingerprint density at radius 2 is 2.00 bits per heavy atom. The lowest BCUT2D eigenvalue weighted by Crippen LogP contribution is -2.41. The standard InChI is InChI=1S/C15H19FN2O2/c16-11-3-5-12(6-4-11)18-14(19)9-17-13-7-8-20-15(13)10-1-2-10/h3-6,10,13,15,17H,1-2,7-9H2,(H,18,19). The summed E-state index contributed by atoms with van der Waals surface area (Å²) in [6.45, 7) is 1.03. The molecule has 1 aliphatic carbocycles. The first-order valence-corrected chi connectivity index (χ1v) is 7.13. The van der Waals surface area contributed by atoms with Crippen LogP contribution in [0.4, 0.5) is 10.1 Å². The van der Waals surface area contributed by atoms with Gasteiger partial charge >= 0.3 is 0 Å². The van der Waals surface area contributed by atoms with E-state index in [-0.39, 0.29) is 30.4 Å². The van der Waals surface area contributed by atoms with Crippen LogP contribution in [0.3, 0.4) is 0 Å². The molecule has 0 radical (unpaired) electrons. The molecule has 1 aromatic rings. The van der Waals surface area contributed by atoms with Crippen LogP contribution in [0.5, 0.6) is 0 Å². The zero-order valence-corrected chi connectivity index (χ0v) is 11.3. The van der Waals surface area contributed by atoms with Crippen molar-refractivity contribution in [2.45, 2.75) is 31.4 Å². The van der Waals surface area contributed by atoms with Gasteiger partial charge in [-0.3, -0.25) is 4.79 Å². The molecule has 1 saturated heterocycles. The molecule has 0 bridgehead atoms. The molecule has 2 N–H and O–H groups in total. The Balaban J connectivity index is 1.45. The van der Waals surface area contributed by atoms with Gasteiger partial charge in [-0.15, -0.1) is 0 Å². The van der Waals surface area contributed by atoms with Gasteiger partial charge in [0, 0.05) is 18.3 Å². The highest BCUT2D eigenvalue weighted by atomic mass is 19.1. The highest BCUT2D eigenvalue weighted by molar-refractivity contribution is 5.92. The number of nitrogens with one attached hydrogen (secondary N) is 2. The molecule has 0 spiro atoms. The van der Waals surface area contributed by atoms with Crippen molar-refractivity contribution in [3.63, 3.8) is 0 Å². The third-order valence-corrected chi connectivity index (χ3v) is 3.88. The Labute approximate surface area is 117 Å². The number of anilines is 1. The summed E-state index contributed by atoms with van der Waals surface area (Å²) in [5.41, 5.74) is 0.611. The van der Waals surface area contributed by atoms with E-state index in [1.165, 1.54) is 25.0 Å². The minimum absolute atomic E-state index is 0.113. The lowest BCUT2D eigenvalue weighted by Gasteiger charge is -2.19. The normalized spacial score (nSPS) is 25.6. The maximum Gasteiger partial charge on any atom is 0.238 e. The van der Waals surface area contributed by atoms with Gasteiger partial charge in [-0.25, -0.2) is 4.39 Å². The Bertz CT molecular complexity index is 473. The van der Waals surface area contributed by atoms with Crippen LogP contribution in [-0.2, 0) is 9.53 Å². The minimum atomic E-state index is -0.309. The van der Waals surface area contributed by atoms with Crippen molar-refractivity contribution in [3.05, 3.63) is 30.1 Å². The molecule has 2 fully saturated rings. The number of ether oxygens (including phenoxy) is 1. The first-order valence-electron chi connectivity index (χ1n) is 7.13. The van der Waals surface area contributed by atoms with E-state index in [2.05, 4.69) is 10.6 Å². The highest BCUT2D eigenvalue weighted by Crippen LogP contribution is 2.38. The fraction of sp³-hybridized carbons (Fsp3) is 0.533. The minimum Gasteiger partial charge on any atom is -0.376 e. The van der Waals surface area contributed by atoms with Crippen molar-refractivity contribution in [1.29, 1.82) is 0 Å². The Morgan fingerprint density at radius 1 is 1.25 bits per heavy atom. The largest absolute Gasteiger partial charge is 0.376 e. The van der Waals surface area contributed by atoms with Crippen molar-refractivity contribution >= 4 is 11.6 Å². The fourth-order valence-corrected chi connectivity index (χ4v) is 2.68. The van der Waals surface area contributed by atoms with E-state index in [1.54, 1.807) is 12.1 Å². The van der Waals surface area contributed by atoms with Crippen molar-refractivity contribution < 1.29 is 13.9 Å². The molecule has 108 valence electrons. The van der Waals surface area contributed by atoms with Crippen LogP contribution in [0, 0.1) is 11.7 Å². The van der Waals surface area contributed by atoms with E-state index < -0.39 is 0 Å². The van der Waals surface area contributed by atoms with E-state index >= 15 is 0 Å². The maximum absolute atomic E-state index is 12.8. The lowest BCUT2D eigenvalue weighted by molar-refractivity contribution is -0.115. The first-order chi connectivity index (χ1) is 9.72. The van der Waals surface area contributed by atoms with Crippen molar-refractivity contribution in [2.75, 3.05) is 18.5 Å². The number of amides is 1. The van der Waals surface area contributed by atoms with Crippen LogP contribution in [0.25, 0.3) is 0 Å². The molecular weight excluding hydrogens is 259 g/mol. The molecule has 2 unspecified atom stereocenters. The van der Waals surface area contributed by atoms with E-state index in [0.29, 0.717) is 11.6 Å². The summed E-state index contributed by atoms with van der Waals surface area (Å²) < 4.78 is 18.5. The summed E-state index contributed by atoms with van der Waals surface area (Å²) in [5, 5.41) is 6.02. The van der Waals surface area contributed by atoms with Gasteiger partial charge < -0.3 is 15.4 Å². The number of carbonyl (C=O) groups is 1. The monoisotopic (exact) mass is 278 g/mol. The average molecular weight is 278 g/mol. The highest BCUT2D eigenvalue weighted by Gasteiger charge is 2.40. The number of halogens is 1. The molecule has 3 rings (SSSR count). The Hall–Kier alpha value is -1.46. The lowest BCUT2D eigenvalue weighted by atomic mass is 10.1. The number of benzene rings is 1. The summed E-state index contributed by atoms with van der Waals surface area (Å²) in [6.07, 6.45) is 3.72. The van der Waals surface area contributed by atoms with Crippen LogP contribution in [0.1, 0.15) is 19.3 Å². The van der Waals surface area contributed by atoms with Crippen LogP contribution in [0.15, 0.2) is 24.3 Å². The summed E-state index contributed by atoms with van der Waals surface area (Å²) in [4.78, 5) is 11.8. The van der Waals surface area contributed by atoms with Gasteiger partial charge in [0.05, 0.1) is 12.6 Å². The number of hydrogen-bond acceptors (Lipinski definition) is 3. The van der Waals surface area contributed by atoms with Crippen LogP contribution < -0.4 is 10.6 Å². The van der Waals surface area contributed by atoms with Gasteiger partial charge in [-0.05, 0) is 49.4 Å². The number of carbonyl (C=O) groups excluding carboxylic acids is 1. The van der Waals surface area contributed by atoms with Gasteiger partial charge in [0.25, 0.3) is 0 Å². The number of rotatable bonds is 5. The van der Waals surface area contributed by atoms with E-state index in [0.717, 1.165) is 13.0 Å². The van der Waals surface area contributed by atoms with Crippen molar-refractivity contribution in [2.24, 2.45) is 5.92 Å². The van der Waals surface area contributed by atoms with Crippen molar-refractivity contribution in [3.8, 4) is 0 Å². The van der Waals surface area contributed by atoms with Crippen LogP contribution >= 0.6 is 0 Å². The molecule has 1 amide bonds. The summed E-state index contributed by atoms with van der Waals surface area (Å²) in [5.74, 6) is 0.254. The molecule has 1 aromatic carbocycles. The third kappa shape index (κ3) is 3.35. The Kier molecular flexibility index (Phi) is 3.98. The van der Waals surface area contributed by atoms with E-state index in [9.17, 15) is 9.18 Å². The molecule has 5 heteroatoms. The van der Waals surface area contributed by atoms with Gasteiger partial charge in [0.2, 0.25) is 5.91 Å². The summed E-state index contributed by atoms with van der Waals surface area (Å²) in [6, 6.07) is 6.05. The summed E-state index contributed by atoms with van der Waals surface area (Å²) in [7, 11) is 0. The fourth-order valence-electron chi connectivity index (χ4n) is 2.68. The second-order valence-electron chi connectivity index (χ2n) is 5.50. The van der Waals surface area contributed by atoms with E-state index in [1.807, 2.05) is 0 Å². The smallest absolute Gasteiger partial charge is 0.238 e. The molecule has 20 heavy (non-hydrogen) atoms. The molecule has 4 nitrogen and oxygen atoms in total. The topological polar surface area (TPSA) is 50.4 Å². The molecule has 1 saturated carbocycles. The Morgan fingerprint density at radius 3 is 2.70 bits per heavy atom. The van der Waals surface area contributed by atoms with Gasteiger partial charge in [-0.1, -0.05) is 0 Å². The summed E-state index contributed by atoms with van der Waals surface area (Å²) >= 11 is 0. The quantitative estimate of drug-likeness (QED) is 0.865. The average Bonchev–Trinajstić information content (AvgIpc) is 3.18. The molecular formula is C15H19FN2O2. The van der Waals surface area contributed by atoms with Gasteiger partial charge in [0.1, 0.15) is 5.82 Å². The van der Waals surface area contributed by atoms with Crippen molar-refractivity contribution in [1.82, 2.24) is 5.32 Å². The van der Waals surface area contributed by atoms with Gasteiger partial charge in [0.15, 0.2) is 0 Å². The van der Waals surface area contributed by atoms with Crippen LogP contribution in [0.2, 0.25) is 0 Å². The first kappa shape index (κ1) is 13.5. The molecule has 1 heterocycles. The predicted molar refractivity (Wildman–Crippen MR) is 73.9 cm³/mol. The SMILES string of the molecule is O=C(CNC1CCOC1C1CC1)Nc1ccc(F)cc1. The second kappa shape index (κ2) is 5.89. The maximum atomic E-state index is 12.8. The third-order valence-electron chi connectivity index (χ3n) is 3.88. The zero-order chi connectivity index (χ0) is 13.9.